The van der Waals surface area contributed by atoms with Crippen LogP contribution in [0.4, 0.5) is 0 Å². The van der Waals surface area contributed by atoms with Gasteiger partial charge >= 0.3 is 7.12 Å². The maximum atomic E-state index is 10.6. The second-order valence-corrected chi connectivity index (χ2v) is 3.53. The molecule has 0 aliphatic carbocycles. The molecule has 16 heavy (non-hydrogen) atoms. The van der Waals surface area contributed by atoms with Crippen LogP contribution in [-0.4, -0.2) is 30.1 Å². The zero-order valence-electron chi connectivity index (χ0n) is 9.22. The summed E-state index contributed by atoms with van der Waals surface area (Å²) in [4.78, 5) is 10.6. The normalized spacial score (nSPS) is 9.94. The first kappa shape index (κ1) is 12.7. The molecular formula is C11H15BO4. The molecule has 1 aromatic rings. The summed E-state index contributed by atoms with van der Waals surface area (Å²) in [5.41, 5.74) is 0.633. The summed E-state index contributed by atoms with van der Waals surface area (Å²) in [6, 6.07) is 4.52. The molecule has 0 aliphatic heterocycles. The van der Waals surface area contributed by atoms with Gasteiger partial charge in [-0.15, -0.1) is 0 Å². The fourth-order valence-electron chi connectivity index (χ4n) is 1.28. The summed E-state index contributed by atoms with van der Waals surface area (Å²) >= 11 is 0. The third-order valence-electron chi connectivity index (χ3n) is 2.15. The van der Waals surface area contributed by atoms with Crippen molar-refractivity contribution in [2.45, 2.75) is 19.8 Å². The van der Waals surface area contributed by atoms with Crippen molar-refractivity contribution in [3.63, 3.8) is 0 Å². The Labute approximate surface area is 95.0 Å². The minimum Gasteiger partial charge on any atom is -0.494 e. The van der Waals surface area contributed by atoms with Crippen molar-refractivity contribution in [1.82, 2.24) is 0 Å². The van der Waals surface area contributed by atoms with Gasteiger partial charge < -0.3 is 14.8 Å². The van der Waals surface area contributed by atoms with Gasteiger partial charge in [0.2, 0.25) is 0 Å². The molecule has 0 amide bonds. The van der Waals surface area contributed by atoms with Gasteiger partial charge in [0.15, 0.2) is 0 Å². The van der Waals surface area contributed by atoms with Crippen molar-refractivity contribution in [2.75, 3.05) is 6.61 Å². The second-order valence-electron chi connectivity index (χ2n) is 3.53. The molecule has 2 N–H and O–H groups in total. The fraction of sp³-hybridized carbons (Fsp3) is 0.364. The maximum Gasteiger partial charge on any atom is 0.488 e. The third kappa shape index (κ3) is 3.68. The molecular weight excluding hydrogens is 207 g/mol. The van der Waals surface area contributed by atoms with Crippen LogP contribution in [-0.2, 0) is 0 Å². The smallest absolute Gasteiger partial charge is 0.488 e. The lowest BCUT2D eigenvalue weighted by molar-refractivity contribution is 0.112. The van der Waals surface area contributed by atoms with Crippen LogP contribution in [0.5, 0.6) is 5.75 Å². The van der Waals surface area contributed by atoms with E-state index in [1.54, 1.807) is 6.07 Å². The van der Waals surface area contributed by atoms with Crippen LogP contribution in [0.1, 0.15) is 30.1 Å². The highest BCUT2D eigenvalue weighted by Crippen LogP contribution is 2.11. The minimum atomic E-state index is -1.59. The zero-order chi connectivity index (χ0) is 12.0. The number of hydrogen-bond donors (Lipinski definition) is 2. The van der Waals surface area contributed by atoms with Crippen molar-refractivity contribution >= 4 is 18.9 Å². The Bertz CT molecular complexity index is 352. The molecule has 0 spiro atoms. The third-order valence-corrected chi connectivity index (χ3v) is 2.15. The average Bonchev–Trinajstić information content (AvgIpc) is 2.29. The average molecular weight is 222 g/mol. The van der Waals surface area contributed by atoms with E-state index in [1.807, 2.05) is 6.92 Å². The number of carbonyl (C=O) groups excluding carboxylic acids is 1. The van der Waals surface area contributed by atoms with E-state index in [0.717, 1.165) is 12.8 Å². The van der Waals surface area contributed by atoms with Gasteiger partial charge in [0, 0.05) is 5.56 Å². The van der Waals surface area contributed by atoms with Crippen LogP contribution in [0.3, 0.4) is 0 Å². The van der Waals surface area contributed by atoms with Crippen LogP contribution < -0.4 is 10.2 Å². The van der Waals surface area contributed by atoms with Crippen LogP contribution >= 0.6 is 0 Å². The maximum absolute atomic E-state index is 10.6. The molecule has 0 atom stereocenters. The van der Waals surface area contributed by atoms with Crippen LogP contribution in [0, 0.1) is 0 Å². The Kier molecular flexibility index (Phi) is 5.02. The van der Waals surface area contributed by atoms with Crippen molar-refractivity contribution in [3.05, 3.63) is 23.8 Å². The van der Waals surface area contributed by atoms with E-state index in [9.17, 15) is 4.79 Å². The van der Waals surface area contributed by atoms with Gasteiger partial charge in [0.05, 0.1) is 6.61 Å². The number of unbranched alkanes of at least 4 members (excludes halogenated alkanes) is 1. The van der Waals surface area contributed by atoms with E-state index in [-0.39, 0.29) is 5.46 Å². The zero-order valence-corrected chi connectivity index (χ0v) is 9.22. The van der Waals surface area contributed by atoms with Gasteiger partial charge in [0.1, 0.15) is 12.0 Å². The summed E-state index contributed by atoms with van der Waals surface area (Å²) in [6.07, 6.45) is 2.59. The molecule has 4 nitrogen and oxygen atoms in total. The van der Waals surface area contributed by atoms with Crippen LogP contribution in [0.15, 0.2) is 18.2 Å². The first-order valence-electron chi connectivity index (χ1n) is 5.26. The summed E-state index contributed by atoms with van der Waals surface area (Å²) < 4.78 is 5.40. The van der Waals surface area contributed by atoms with E-state index in [1.165, 1.54) is 12.1 Å². The molecule has 0 radical (unpaired) electrons. The van der Waals surface area contributed by atoms with E-state index in [2.05, 4.69) is 0 Å². The SMILES string of the molecule is CCCCOc1cc(C=O)cc(B(O)O)c1. The summed E-state index contributed by atoms with van der Waals surface area (Å²) in [5.74, 6) is 0.487. The first-order valence-corrected chi connectivity index (χ1v) is 5.26. The van der Waals surface area contributed by atoms with E-state index in [4.69, 9.17) is 14.8 Å². The van der Waals surface area contributed by atoms with E-state index < -0.39 is 7.12 Å². The lowest BCUT2D eigenvalue weighted by Gasteiger charge is -2.08. The number of rotatable bonds is 6. The molecule has 0 fully saturated rings. The molecule has 0 aromatic heterocycles. The minimum absolute atomic E-state index is 0.260. The molecule has 0 unspecified atom stereocenters. The monoisotopic (exact) mass is 222 g/mol. The van der Waals surface area contributed by atoms with Gasteiger partial charge in [-0.05, 0) is 24.0 Å². The lowest BCUT2D eigenvalue weighted by Crippen LogP contribution is -2.30. The van der Waals surface area contributed by atoms with Gasteiger partial charge in [0.25, 0.3) is 0 Å². The largest absolute Gasteiger partial charge is 0.494 e. The Hall–Kier alpha value is -1.33. The fourth-order valence-corrected chi connectivity index (χ4v) is 1.28. The molecule has 86 valence electrons. The van der Waals surface area contributed by atoms with E-state index >= 15 is 0 Å². The highest BCUT2D eigenvalue weighted by atomic mass is 16.5. The van der Waals surface area contributed by atoms with Gasteiger partial charge in [-0.1, -0.05) is 19.4 Å². The topological polar surface area (TPSA) is 66.8 Å². The van der Waals surface area contributed by atoms with Crippen molar-refractivity contribution in [1.29, 1.82) is 0 Å². The van der Waals surface area contributed by atoms with Crippen LogP contribution in [0.25, 0.3) is 0 Å². The summed E-state index contributed by atoms with van der Waals surface area (Å²) in [7, 11) is -1.59. The van der Waals surface area contributed by atoms with Crippen molar-refractivity contribution < 1.29 is 19.6 Å². The molecule has 0 heterocycles. The molecule has 1 aromatic carbocycles. The van der Waals surface area contributed by atoms with Crippen molar-refractivity contribution in [3.8, 4) is 5.75 Å². The Balaban J connectivity index is 2.82. The molecule has 0 saturated carbocycles. The van der Waals surface area contributed by atoms with Gasteiger partial charge in [-0.25, -0.2) is 0 Å². The summed E-state index contributed by atoms with van der Waals surface area (Å²) in [5, 5.41) is 18.0. The number of ether oxygens (including phenoxy) is 1. The van der Waals surface area contributed by atoms with E-state index in [0.29, 0.717) is 24.2 Å². The number of carbonyl (C=O) groups is 1. The Morgan fingerprint density at radius 3 is 2.69 bits per heavy atom. The Morgan fingerprint density at radius 1 is 1.38 bits per heavy atom. The predicted molar refractivity (Wildman–Crippen MR) is 62.1 cm³/mol. The van der Waals surface area contributed by atoms with Crippen molar-refractivity contribution in [2.24, 2.45) is 0 Å². The summed E-state index contributed by atoms with van der Waals surface area (Å²) in [6.45, 7) is 2.61. The molecule has 0 saturated heterocycles. The lowest BCUT2D eigenvalue weighted by atomic mass is 9.79. The first-order chi connectivity index (χ1) is 7.67. The molecule has 1 rings (SSSR count). The molecule has 0 aliphatic rings. The molecule has 5 heteroatoms. The predicted octanol–water partition coefficient (Wildman–Crippen LogP) is 0.358. The van der Waals surface area contributed by atoms with Crippen LogP contribution in [0.2, 0.25) is 0 Å². The quantitative estimate of drug-likeness (QED) is 0.414. The Morgan fingerprint density at radius 2 is 2.12 bits per heavy atom. The second kappa shape index (κ2) is 6.30. The number of hydrogen-bond acceptors (Lipinski definition) is 4. The standard InChI is InChI=1S/C11H15BO4/c1-2-3-4-16-11-6-9(8-13)5-10(7-11)12(14)15/h5-8,14-15H,2-4H2,1H3. The van der Waals surface area contributed by atoms with Gasteiger partial charge in [-0.2, -0.15) is 0 Å². The number of aldehydes is 1. The highest BCUT2D eigenvalue weighted by molar-refractivity contribution is 6.58. The number of benzene rings is 1. The highest BCUT2D eigenvalue weighted by Gasteiger charge is 2.13. The molecule has 0 bridgehead atoms. The van der Waals surface area contributed by atoms with Gasteiger partial charge in [-0.3, -0.25) is 4.79 Å².